The van der Waals surface area contributed by atoms with Gasteiger partial charge in [-0.15, -0.1) is 0 Å². The lowest BCUT2D eigenvalue weighted by Crippen LogP contribution is -2.33. The zero-order valence-corrected chi connectivity index (χ0v) is 13.1. The van der Waals surface area contributed by atoms with Gasteiger partial charge in [0.25, 0.3) is 0 Å². The molecule has 1 fully saturated rings. The minimum atomic E-state index is 0.719. The number of hydrogen-bond donors (Lipinski definition) is 1. The molecule has 0 aromatic heterocycles. The predicted octanol–water partition coefficient (Wildman–Crippen LogP) is 4.82. The van der Waals surface area contributed by atoms with Gasteiger partial charge in [0, 0.05) is 17.1 Å². The predicted molar refractivity (Wildman–Crippen MR) is 81.8 cm³/mol. The molecule has 1 aliphatic rings. The molecule has 2 rings (SSSR count). The summed E-state index contributed by atoms with van der Waals surface area (Å²) in [6.45, 7) is 5.44. The van der Waals surface area contributed by atoms with Crippen molar-refractivity contribution in [2.24, 2.45) is 5.92 Å². The third kappa shape index (κ3) is 3.83. The van der Waals surface area contributed by atoms with Crippen molar-refractivity contribution in [1.82, 2.24) is 5.32 Å². The topological polar surface area (TPSA) is 12.0 Å². The average molecular weight is 310 g/mol. The molecule has 1 aromatic rings. The Morgan fingerprint density at radius 3 is 2.89 bits per heavy atom. The van der Waals surface area contributed by atoms with E-state index in [9.17, 15) is 0 Å². The van der Waals surface area contributed by atoms with Crippen molar-refractivity contribution in [1.29, 1.82) is 0 Å². The molecule has 0 aliphatic heterocycles. The van der Waals surface area contributed by atoms with Gasteiger partial charge < -0.3 is 5.32 Å². The van der Waals surface area contributed by atoms with Crippen LogP contribution in [0.3, 0.4) is 0 Å². The molecule has 2 heteroatoms. The Hall–Kier alpha value is -0.340. The molecule has 0 radical (unpaired) electrons. The smallest absolute Gasteiger partial charge is 0.0222 e. The van der Waals surface area contributed by atoms with Crippen molar-refractivity contribution in [3.63, 3.8) is 0 Å². The maximum atomic E-state index is 3.73. The molecule has 0 heterocycles. The lowest BCUT2D eigenvalue weighted by atomic mass is 9.84. The zero-order chi connectivity index (χ0) is 13.0. The van der Waals surface area contributed by atoms with Gasteiger partial charge in [0.1, 0.15) is 0 Å². The summed E-state index contributed by atoms with van der Waals surface area (Å²) in [4.78, 5) is 0. The second-order valence-corrected chi connectivity index (χ2v) is 6.47. The van der Waals surface area contributed by atoms with Gasteiger partial charge in [-0.1, -0.05) is 54.2 Å². The third-order valence-corrected chi connectivity index (χ3v) is 4.89. The third-order valence-electron chi connectivity index (χ3n) is 4.15. The van der Waals surface area contributed by atoms with Crippen molar-refractivity contribution in [3.8, 4) is 0 Å². The second-order valence-electron chi connectivity index (χ2n) is 5.61. The first-order valence-corrected chi connectivity index (χ1v) is 7.96. The number of rotatable bonds is 4. The van der Waals surface area contributed by atoms with Crippen LogP contribution in [0.15, 0.2) is 22.7 Å². The SMILES string of the molecule is CCC1CCCC(NCc2ccc(C)cc2Br)C1. The van der Waals surface area contributed by atoms with E-state index in [2.05, 4.69) is 53.3 Å². The Labute approximate surface area is 119 Å². The van der Waals surface area contributed by atoms with Gasteiger partial charge in [-0.2, -0.15) is 0 Å². The van der Waals surface area contributed by atoms with Crippen LogP contribution in [0.4, 0.5) is 0 Å². The first-order chi connectivity index (χ1) is 8.69. The van der Waals surface area contributed by atoms with Gasteiger partial charge in [0.05, 0.1) is 0 Å². The van der Waals surface area contributed by atoms with Crippen LogP contribution < -0.4 is 5.32 Å². The molecule has 1 nitrogen and oxygen atoms in total. The number of benzene rings is 1. The van der Waals surface area contributed by atoms with E-state index in [4.69, 9.17) is 0 Å². The zero-order valence-electron chi connectivity index (χ0n) is 11.5. The summed E-state index contributed by atoms with van der Waals surface area (Å²) in [6.07, 6.45) is 6.88. The van der Waals surface area contributed by atoms with Crippen LogP contribution in [0.1, 0.15) is 50.2 Å². The average Bonchev–Trinajstić information content (AvgIpc) is 2.38. The summed E-state index contributed by atoms with van der Waals surface area (Å²) in [5.74, 6) is 0.942. The molecule has 2 unspecified atom stereocenters. The van der Waals surface area contributed by atoms with Gasteiger partial charge in [-0.3, -0.25) is 0 Å². The van der Waals surface area contributed by atoms with Gasteiger partial charge >= 0.3 is 0 Å². The Morgan fingerprint density at radius 1 is 1.33 bits per heavy atom. The fourth-order valence-electron chi connectivity index (χ4n) is 2.90. The van der Waals surface area contributed by atoms with Crippen LogP contribution in [-0.4, -0.2) is 6.04 Å². The number of aryl methyl sites for hydroxylation is 1. The van der Waals surface area contributed by atoms with Crippen molar-refractivity contribution >= 4 is 15.9 Å². The van der Waals surface area contributed by atoms with E-state index in [1.807, 2.05) is 0 Å². The highest BCUT2D eigenvalue weighted by Gasteiger charge is 2.20. The monoisotopic (exact) mass is 309 g/mol. The summed E-state index contributed by atoms with van der Waals surface area (Å²) >= 11 is 3.66. The fourth-order valence-corrected chi connectivity index (χ4v) is 3.53. The summed E-state index contributed by atoms with van der Waals surface area (Å²) < 4.78 is 1.23. The largest absolute Gasteiger partial charge is 0.310 e. The maximum Gasteiger partial charge on any atom is 0.0222 e. The highest BCUT2D eigenvalue weighted by atomic mass is 79.9. The number of nitrogens with one attached hydrogen (secondary N) is 1. The van der Waals surface area contributed by atoms with Gasteiger partial charge in [-0.05, 0) is 42.9 Å². The molecule has 2 atom stereocenters. The lowest BCUT2D eigenvalue weighted by molar-refractivity contribution is 0.278. The van der Waals surface area contributed by atoms with Gasteiger partial charge in [0.2, 0.25) is 0 Å². The van der Waals surface area contributed by atoms with Gasteiger partial charge in [-0.25, -0.2) is 0 Å². The van der Waals surface area contributed by atoms with E-state index < -0.39 is 0 Å². The molecule has 0 saturated heterocycles. The summed E-state index contributed by atoms with van der Waals surface area (Å²) in [7, 11) is 0. The molecular weight excluding hydrogens is 286 g/mol. The first kappa shape index (κ1) is 14.1. The van der Waals surface area contributed by atoms with Crippen LogP contribution >= 0.6 is 15.9 Å². The van der Waals surface area contributed by atoms with E-state index in [1.165, 1.54) is 47.7 Å². The maximum absolute atomic E-state index is 3.73. The van der Waals surface area contributed by atoms with Crippen molar-refractivity contribution in [3.05, 3.63) is 33.8 Å². The van der Waals surface area contributed by atoms with Crippen LogP contribution in [-0.2, 0) is 6.54 Å². The Kier molecular flexibility index (Phi) is 5.25. The number of halogens is 1. The minimum Gasteiger partial charge on any atom is -0.310 e. The van der Waals surface area contributed by atoms with Crippen molar-refractivity contribution in [2.75, 3.05) is 0 Å². The molecule has 1 saturated carbocycles. The molecule has 1 aliphatic carbocycles. The summed E-state index contributed by atoms with van der Waals surface area (Å²) in [5.41, 5.74) is 2.69. The van der Waals surface area contributed by atoms with Crippen LogP contribution in [0.25, 0.3) is 0 Å². The first-order valence-electron chi connectivity index (χ1n) is 7.17. The highest BCUT2D eigenvalue weighted by molar-refractivity contribution is 9.10. The molecule has 18 heavy (non-hydrogen) atoms. The van der Waals surface area contributed by atoms with E-state index in [1.54, 1.807) is 0 Å². The molecule has 0 bridgehead atoms. The normalized spacial score (nSPS) is 24.2. The summed E-state index contributed by atoms with van der Waals surface area (Å²) in [6, 6.07) is 7.34. The number of hydrogen-bond acceptors (Lipinski definition) is 1. The standard InChI is InChI=1S/C16H24BrN/c1-3-13-5-4-6-15(10-13)18-11-14-8-7-12(2)9-16(14)17/h7-9,13,15,18H,3-6,10-11H2,1-2H3. The molecule has 0 amide bonds. The molecule has 1 N–H and O–H groups in total. The fraction of sp³-hybridized carbons (Fsp3) is 0.625. The second kappa shape index (κ2) is 6.72. The minimum absolute atomic E-state index is 0.719. The van der Waals surface area contributed by atoms with Crippen LogP contribution in [0, 0.1) is 12.8 Å². The Balaban J connectivity index is 1.87. The quantitative estimate of drug-likeness (QED) is 0.841. The van der Waals surface area contributed by atoms with E-state index in [0.29, 0.717) is 0 Å². The highest BCUT2D eigenvalue weighted by Crippen LogP contribution is 2.27. The lowest BCUT2D eigenvalue weighted by Gasteiger charge is -2.29. The molecule has 1 aromatic carbocycles. The van der Waals surface area contributed by atoms with Crippen molar-refractivity contribution in [2.45, 2.75) is 58.5 Å². The Morgan fingerprint density at radius 2 is 2.17 bits per heavy atom. The van der Waals surface area contributed by atoms with E-state index in [0.717, 1.165) is 18.5 Å². The molecular formula is C16H24BrN. The summed E-state index contributed by atoms with van der Waals surface area (Å²) in [5, 5.41) is 3.73. The molecule has 100 valence electrons. The van der Waals surface area contributed by atoms with E-state index >= 15 is 0 Å². The molecule has 0 spiro atoms. The van der Waals surface area contributed by atoms with E-state index in [-0.39, 0.29) is 0 Å². The van der Waals surface area contributed by atoms with Crippen molar-refractivity contribution < 1.29 is 0 Å². The Bertz CT molecular complexity index is 389. The van der Waals surface area contributed by atoms with Crippen LogP contribution in [0.5, 0.6) is 0 Å². The van der Waals surface area contributed by atoms with Gasteiger partial charge in [0.15, 0.2) is 0 Å². The van der Waals surface area contributed by atoms with Crippen LogP contribution in [0.2, 0.25) is 0 Å².